The lowest BCUT2D eigenvalue weighted by Crippen LogP contribution is -1.95. The molecular formula is C40H26N2. The van der Waals surface area contributed by atoms with E-state index in [-0.39, 0.29) is 0 Å². The molecule has 2 heterocycles. The summed E-state index contributed by atoms with van der Waals surface area (Å²) in [5, 5.41) is 8.93. The van der Waals surface area contributed by atoms with Crippen LogP contribution in [0.5, 0.6) is 0 Å². The van der Waals surface area contributed by atoms with E-state index in [4.69, 9.17) is 0 Å². The van der Waals surface area contributed by atoms with Gasteiger partial charge in [0.25, 0.3) is 0 Å². The van der Waals surface area contributed by atoms with Crippen molar-refractivity contribution in [3.63, 3.8) is 0 Å². The molecule has 0 aliphatic rings. The summed E-state index contributed by atoms with van der Waals surface area (Å²) < 4.78 is 4.69. The lowest BCUT2D eigenvalue weighted by molar-refractivity contribution is 1.12. The van der Waals surface area contributed by atoms with E-state index in [0.29, 0.717) is 0 Å². The van der Waals surface area contributed by atoms with Crippen molar-refractivity contribution in [2.24, 2.45) is 0 Å². The van der Waals surface area contributed by atoms with Crippen LogP contribution in [0.2, 0.25) is 0 Å². The van der Waals surface area contributed by atoms with Crippen LogP contribution in [0.25, 0.3) is 76.8 Å². The van der Waals surface area contributed by atoms with Gasteiger partial charge in [-0.05, 0) is 87.3 Å². The second-order valence-electron chi connectivity index (χ2n) is 11.1. The zero-order chi connectivity index (χ0) is 27.6. The summed E-state index contributed by atoms with van der Waals surface area (Å²) in [5.41, 5.74) is 8.42. The minimum Gasteiger partial charge on any atom is -0.316 e. The molecular weight excluding hydrogens is 508 g/mol. The molecule has 0 amide bonds. The summed E-state index contributed by atoms with van der Waals surface area (Å²) in [6, 6.07) is 55.1. The number of para-hydroxylation sites is 2. The summed E-state index contributed by atoms with van der Waals surface area (Å²) in [6.07, 6.45) is 2.17. The lowest BCUT2D eigenvalue weighted by atomic mass is 9.97. The smallest absolute Gasteiger partial charge is 0.0562 e. The Morgan fingerprint density at radius 1 is 0.333 bits per heavy atom. The monoisotopic (exact) mass is 534 g/mol. The van der Waals surface area contributed by atoms with Crippen molar-refractivity contribution in [1.82, 2.24) is 9.13 Å². The van der Waals surface area contributed by atoms with Gasteiger partial charge >= 0.3 is 0 Å². The molecule has 0 spiro atoms. The second-order valence-corrected chi connectivity index (χ2v) is 11.1. The van der Waals surface area contributed by atoms with Crippen LogP contribution < -0.4 is 0 Å². The van der Waals surface area contributed by atoms with Crippen molar-refractivity contribution in [3.05, 3.63) is 158 Å². The van der Waals surface area contributed by atoms with E-state index in [1.54, 1.807) is 0 Å². The Hall–Kier alpha value is -5.60. The minimum absolute atomic E-state index is 1.16. The normalized spacial score (nSPS) is 11.8. The summed E-state index contributed by atoms with van der Waals surface area (Å²) >= 11 is 0. The standard InChI is InChI=1S/C40H26N2/c1-2-9-32(10-3-1)41-23-22-31-25-37-36-12-6-7-13-38(36)42(40(37)26-39(31)41)33-19-16-27(17-20-33)29-18-21-35-30(24-29)15-14-28-8-4-5-11-34(28)35/h1-26H. The van der Waals surface area contributed by atoms with E-state index < -0.39 is 0 Å². The maximum absolute atomic E-state index is 2.41. The Balaban J connectivity index is 1.20. The van der Waals surface area contributed by atoms with Crippen LogP contribution in [0.3, 0.4) is 0 Å². The first-order chi connectivity index (χ1) is 20.8. The molecule has 0 unspecified atom stereocenters. The summed E-state index contributed by atoms with van der Waals surface area (Å²) in [6.45, 7) is 0. The van der Waals surface area contributed by atoms with Crippen LogP contribution in [-0.4, -0.2) is 9.13 Å². The van der Waals surface area contributed by atoms with E-state index in [9.17, 15) is 0 Å². The van der Waals surface area contributed by atoms with Gasteiger partial charge in [-0.15, -0.1) is 0 Å². The van der Waals surface area contributed by atoms with Crippen LogP contribution in [-0.2, 0) is 0 Å². The lowest BCUT2D eigenvalue weighted by Gasteiger charge is -2.11. The van der Waals surface area contributed by atoms with Gasteiger partial charge in [0.05, 0.1) is 16.6 Å². The molecule has 9 rings (SSSR count). The largest absolute Gasteiger partial charge is 0.316 e. The van der Waals surface area contributed by atoms with Gasteiger partial charge in [-0.25, -0.2) is 0 Å². The van der Waals surface area contributed by atoms with Crippen LogP contribution in [0, 0.1) is 0 Å². The third-order valence-corrected chi connectivity index (χ3v) is 8.72. The third-order valence-electron chi connectivity index (χ3n) is 8.72. The first-order valence-electron chi connectivity index (χ1n) is 14.4. The first kappa shape index (κ1) is 23.1. The van der Waals surface area contributed by atoms with Gasteiger partial charge in [-0.2, -0.15) is 0 Å². The zero-order valence-electron chi connectivity index (χ0n) is 22.9. The minimum atomic E-state index is 1.16. The Morgan fingerprint density at radius 3 is 1.93 bits per heavy atom. The number of hydrogen-bond acceptors (Lipinski definition) is 0. The van der Waals surface area contributed by atoms with Crippen molar-refractivity contribution in [3.8, 4) is 22.5 Å². The van der Waals surface area contributed by atoms with Crippen molar-refractivity contribution in [2.45, 2.75) is 0 Å². The molecule has 2 aromatic heterocycles. The van der Waals surface area contributed by atoms with E-state index in [0.717, 1.165) is 5.69 Å². The van der Waals surface area contributed by atoms with Gasteiger partial charge in [0, 0.05) is 33.7 Å². The van der Waals surface area contributed by atoms with E-state index in [2.05, 4.69) is 167 Å². The molecule has 0 bridgehead atoms. The molecule has 196 valence electrons. The third kappa shape index (κ3) is 3.45. The predicted molar refractivity (Wildman–Crippen MR) is 178 cm³/mol. The van der Waals surface area contributed by atoms with Crippen LogP contribution >= 0.6 is 0 Å². The van der Waals surface area contributed by atoms with E-state index >= 15 is 0 Å². The summed E-state index contributed by atoms with van der Waals surface area (Å²) in [5.74, 6) is 0. The molecule has 42 heavy (non-hydrogen) atoms. The molecule has 0 aliphatic carbocycles. The maximum atomic E-state index is 2.41. The number of nitrogens with zero attached hydrogens (tertiary/aromatic N) is 2. The second kappa shape index (κ2) is 8.95. The van der Waals surface area contributed by atoms with Crippen molar-refractivity contribution in [1.29, 1.82) is 0 Å². The van der Waals surface area contributed by atoms with Gasteiger partial charge in [-0.1, -0.05) is 97.1 Å². The van der Waals surface area contributed by atoms with Gasteiger partial charge in [0.1, 0.15) is 0 Å². The topological polar surface area (TPSA) is 9.86 Å². The molecule has 2 nitrogen and oxygen atoms in total. The highest BCUT2D eigenvalue weighted by Gasteiger charge is 2.15. The van der Waals surface area contributed by atoms with Crippen molar-refractivity contribution in [2.75, 3.05) is 0 Å². The highest BCUT2D eigenvalue weighted by atomic mass is 15.0. The number of fused-ring (bicyclic) bond motifs is 7. The summed E-state index contributed by atoms with van der Waals surface area (Å²) in [4.78, 5) is 0. The molecule has 0 fully saturated rings. The number of hydrogen-bond donors (Lipinski definition) is 0. The van der Waals surface area contributed by atoms with Crippen molar-refractivity contribution < 1.29 is 0 Å². The predicted octanol–water partition coefficient (Wildman–Crippen LogP) is 10.7. The highest BCUT2D eigenvalue weighted by Crippen LogP contribution is 2.36. The fraction of sp³-hybridized carbons (Fsp3) is 0. The molecule has 2 heteroatoms. The van der Waals surface area contributed by atoms with Crippen LogP contribution in [0.1, 0.15) is 0 Å². The Labute approximate surface area is 243 Å². The highest BCUT2D eigenvalue weighted by molar-refractivity contribution is 6.13. The molecule has 0 N–H and O–H groups in total. The van der Waals surface area contributed by atoms with Gasteiger partial charge in [-0.3, -0.25) is 0 Å². The fourth-order valence-electron chi connectivity index (χ4n) is 6.69. The average Bonchev–Trinajstić information content (AvgIpc) is 3.62. The Kier molecular flexibility index (Phi) is 4.93. The molecule has 9 aromatic rings. The van der Waals surface area contributed by atoms with Gasteiger partial charge in [0.15, 0.2) is 0 Å². The fourth-order valence-corrected chi connectivity index (χ4v) is 6.69. The molecule has 0 radical (unpaired) electrons. The SMILES string of the molecule is c1ccc(-n2ccc3cc4c5ccccc5n(-c5ccc(-c6ccc7c(ccc8ccccc87)c6)cc5)c4cc32)cc1. The summed E-state index contributed by atoms with van der Waals surface area (Å²) in [7, 11) is 0. The number of benzene rings is 7. The van der Waals surface area contributed by atoms with Gasteiger partial charge in [0.2, 0.25) is 0 Å². The van der Waals surface area contributed by atoms with E-state index in [1.807, 2.05) is 0 Å². The molecule has 7 aromatic carbocycles. The Bertz CT molecular complexity index is 2440. The van der Waals surface area contributed by atoms with Crippen LogP contribution in [0.4, 0.5) is 0 Å². The molecule has 0 saturated carbocycles. The maximum Gasteiger partial charge on any atom is 0.0562 e. The molecule has 0 saturated heterocycles. The first-order valence-corrected chi connectivity index (χ1v) is 14.4. The van der Waals surface area contributed by atoms with Gasteiger partial charge < -0.3 is 9.13 Å². The molecule has 0 aliphatic heterocycles. The molecule has 0 atom stereocenters. The van der Waals surface area contributed by atoms with Crippen molar-refractivity contribution >= 4 is 54.3 Å². The Morgan fingerprint density at radius 2 is 1.05 bits per heavy atom. The number of rotatable bonds is 3. The van der Waals surface area contributed by atoms with Crippen LogP contribution in [0.15, 0.2) is 158 Å². The van der Waals surface area contributed by atoms with E-state index in [1.165, 1.54) is 71.1 Å². The average molecular weight is 535 g/mol. The number of aromatic nitrogens is 2. The quantitative estimate of drug-likeness (QED) is 0.200. The zero-order valence-corrected chi connectivity index (χ0v) is 22.9.